The van der Waals surface area contributed by atoms with Gasteiger partial charge in [-0.25, -0.2) is 0 Å². The largest absolute Gasteiger partial charge is 0.480 e. The Hall–Kier alpha value is -2.88. The van der Waals surface area contributed by atoms with Gasteiger partial charge in [-0.1, -0.05) is 24.3 Å². The maximum atomic E-state index is 8.40. The molecule has 6 nitrogen and oxygen atoms in total. The molecule has 3 heterocycles. The number of benzene rings is 3. The van der Waals surface area contributed by atoms with Crippen LogP contribution in [0.15, 0.2) is 60.7 Å². The monoisotopic (exact) mass is 650 g/mol. The predicted molar refractivity (Wildman–Crippen MR) is 167 cm³/mol. The molecule has 2 fully saturated rings. The summed E-state index contributed by atoms with van der Waals surface area (Å²) in [6, 6.07) is 20.8. The van der Waals surface area contributed by atoms with Crippen molar-refractivity contribution >= 4 is 45.6 Å². The summed E-state index contributed by atoms with van der Waals surface area (Å²) < 4.78 is 26.0. The summed E-state index contributed by atoms with van der Waals surface area (Å²) in [5.41, 5.74) is 6.91. The number of anilines is 1. The van der Waals surface area contributed by atoms with Gasteiger partial charge in [0, 0.05) is 45.2 Å². The molecule has 3 aliphatic rings. The molecule has 0 radical (unpaired) electrons. The second kappa shape index (κ2) is 12.3. The third kappa shape index (κ3) is 5.78. The molecule has 3 aliphatic heterocycles. The maximum Gasteiger partial charge on any atom is 0.199 e. The van der Waals surface area contributed by atoms with E-state index in [1.165, 1.54) is 9.78 Å². The molecule has 0 saturated carbocycles. The average Bonchev–Trinajstić information content (AvgIpc) is 2.99. The van der Waals surface area contributed by atoms with Crippen LogP contribution in [0.4, 0.5) is 5.69 Å². The molecule has 208 valence electrons. The molecule has 0 aliphatic carbocycles. The quantitative estimate of drug-likeness (QED) is 0.199. The Morgan fingerprint density at radius 1 is 0.950 bits per heavy atom. The van der Waals surface area contributed by atoms with Gasteiger partial charge in [0.15, 0.2) is 6.29 Å². The fraction of sp³-hybridized carbons (Fsp3) is 0.364. The third-order valence-corrected chi connectivity index (χ3v) is 8.58. The highest BCUT2D eigenvalue weighted by Crippen LogP contribution is 2.49. The van der Waals surface area contributed by atoms with Gasteiger partial charge in [-0.2, -0.15) is 0 Å². The summed E-state index contributed by atoms with van der Waals surface area (Å²) in [6.07, 6.45) is 7.15. The van der Waals surface area contributed by atoms with Gasteiger partial charge in [0.2, 0.25) is 0 Å². The molecule has 0 amide bonds. The molecule has 2 N–H and O–H groups in total. The van der Waals surface area contributed by atoms with Crippen molar-refractivity contribution in [3.05, 3.63) is 86.5 Å². The average molecular weight is 651 g/mol. The lowest BCUT2D eigenvalue weighted by Gasteiger charge is -2.33. The number of allylic oxidation sites excluding steroid dienone is 1. The number of hydrogen-bond acceptors (Lipinski definition) is 6. The van der Waals surface area contributed by atoms with Gasteiger partial charge in [-0.05, 0) is 115 Å². The number of ether oxygens (including phenoxy) is 4. The van der Waals surface area contributed by atoms with Crippen LogP contribution in [0, 0.1) is 8.98 Å². The standard InChI is InChI=1S/C33H35IN2O4/c1-21-31(23-7-6-8-25(19-23)39-30-10-3-5-18-38-30)33(22-11-13-24(34)14-12-22)40-28-16-15-27(26(20-35)32(21)28)36-29-9-2-4-17-37-29/h6-8,11-16,19-20,29-30,33,35-36H,2-5,9-10,17-18H2,1H3. The van der Waals surface area contributed by atoms with Crippen molar-refractivity contribution in [3.63, 3.8) is 0 Å². The predicted octanol–water partition coefficient (Wildman–Crippen LogP) is 8.20. The van der Waals surface area contributed by atoms with Crippen molar-refractivity contribution in [3.8, 4) is 11.5 Å². The second-order valence-corrected chi connectivity index (χ2v) is 11.8. The van der Waals surface area contributed by atoms with Crippen molar-refractivity contribution in [2.75, 3.05) is 18.5 Å². The van der Waals surface area contributed by atoms with Crippen LogP contribution >= 0.6 is 22.6 Å². The third-order valence-electron chi connectivity index (χ3n) is 7.86. The van der Waals surface area contributed by atoms with Gasteiger partial charge in [-0.3, -0.25) is 0 Å². The van der Waals surface area contributed by atoms with E-state index < -0.39 is 0 Å². The van der Waals surface area contributed by atoms with Crippen LogP contribution in [0.5, 0.6) is 11.5 Å². The molecular formula is C33H35IN2O4. The lowest BCUT2D eigenvalue weighted by atomic mass is 9.84. The minimum atomic E-state index is -0.301. The molecule has 3 aromatic rings. The molecule has 0 spiro atoms. The van der Waals surface area contributed by atoms with Gasteiger partial charge in [0.25, 0.3) is 0 Å². The van der Waals surface area contributed by atoms with Crippen LogP contribution in [0.1, 0.15) is 73.8 Å². The summed E-state index contributed by atoms with van der Waals surface area (Å²) in [5.74, 6) is 1.57. The number of hydrogen-bond donors (Lipinski definition) is 2. The van der Waals surface area contributed by atoms with E-state index >= 15 is 0 Å². The molecule has 40 heavy (non-hydrogen) atoms. The summed E-state index contributed by atoms with van der Waals surface area (Å²) in [7, 11) is 0. The first-order valence-electron chi connectivity index (χ1n) is 14.2. The zero-order valence-electron chi connectivity index (χ0n) is 22.8. The van der Waals surface area contributed by atoms with Gasteiger partial charge in [0.05, 0.1) is 6.61 Å². The van der Waals surface area contributed by atoms with E-state index in [0.29, 0.717) is 0 Å². The van der Waals surface area contributed by atoms with Gasteiger partial charge in [-0.15, -0.1) is 0 Å². The van der Waals surface area contributed by atoms with E-state index in [1.807, 2.05) is 24.3 Å². The van der Waals surface area contributed by atoms with Crippen molar-refractivity contribution in [2.24, 2.45) is 0 Å². The molecule has 0 bridgehead atoms. The fourth-order valence-corrected chi connectivity index (χ4v) is 6.20. The van der Waals surface area contributed by atoms with Gasteiger partial charge < -0.3 is 29.7 Å². The number of fused-ring (bicyclic) bond motifs is 1. The van der Waals surface area contributed by atoms with Gasteiger partial charge in [0.1, 0.15) is 23.8 Å². The van der Waals surface area contributed by atoms with Crippen molar-refractivity contribution in [1.82, 2.24) is 0 Å². The van der Waals surface area contributed by atoms with E-state index in [-0.39, 0.29) is 18.6 Å². The van der Waals surface area contributed by atoms with E-state index in [0.717, 1.165) is 102 Å². The summed E-state index contributed by atoms with van der Waals surface area (Å²) in [4.78, 5) is 0. The molecule has 3 aromatic carbocycles. The molecular weight excluding hydrogens is 615 g/mol. The number of rotatable bonds is 7. The number of halogens is 1. The highest BCUT2D eigenvalue weighted by atomic mass is 127. The molecule has 0 aromatic heterocycles. The minimum absolute atomic E-state index is 0.0471. The highest BCUT2D eigenvalue weighted by molar-refractivity contribution is 14.1. The van der Waals surface area contributed by atoms with Crippen molar-refractivity contribution < 1.29 is 18.9 Å². The molecule has 2 saturated heterocycles. The summed E-state index contributed by atoms with van der Waals surface area (Å²) >= 11 is 2.33. The minimum Gasteiger partial charge on any atom is -0.480 e. The Labute approximate surface area is 249 Å². The first-order valence-corrected chi connectivity index (χ1v) is 15.3. The highest BCUT2D eigenvalue weighted by Gasteiger charge is 2.32. The molecule has 3 atom stereocenters. The lowest BCUT2D eigenvalue weighted by Crippen LogP contribution is -2.28. The lowest BCUT2D eigenvalue weighted by molar-refractivity contribution is -0.105. The Bertz CT molecular complexity index is 1390. The topological polar surface area (TPSA) is 72.8 Å². The second-order valence-electron chi connectivity index (χ2n) is 10.6. The Morgan fingerprint density at radius 3 is 2.48 bits per heavy atom. The molecule has 7 heteroatoms. The SMILES string of the molecule is CC1=C(c2cccc(OC3CCCCO3)c2)C(c2ccc(I)cc2)Oc2ccc(NC3CCCCO3)c(C=N)c21. The molecule has 3 unspecified atom stereocenters. The first-order chi connectivity index (χ1) is 19.6. The van der Waals surface area contributed by atoms with Crippen LogP contribution in [0.2, 0.25) is 0 Å². The summed E-state index contributed by atoms with van der Waals surface area (Å²) in [6.45, 7) is 3.64. The Kier molecular flexibility index (Phi) is 8.41. The van der Waals surface area contributed by atoms with E-state index in [4.69, 9.17) is 24.4 Å². The van der Waals surface area contributed by atoms with Crippen molar-refractivity contribution in [1.29, 1.82) is 5.41 Å². The first kappa shape index (κ1) is 27.3. The van der Waals surface area contributed by atoms with Crippen LogP contribution in [-0.2, 0) is 9.47 Å². The van der Waals surface area contributed by atoms with E-state index in [9.17, 15) is 0 Å². The maximum absolute atomic E-state index is 8.40. The van der Waals surface area contributed by atoms with E-state index in [1.54, 1.807) is 0 Å². The van der Waals surface area contributed by atoms with Crippen LogP contribution < -0.4 is 14.8 Å². The fourth-order valence-electron chi connectivity index (χ4n) is 5.84. The van der Waals surface area contributed by atoms with E-state index in [2.05, 4.69) is 71.2 Å². The number of nitrogens with one attached hydrogen (secondary N) is 2. The normalized spacial score (nSPS) is 22.7. The van der Waals surface area contributed by atoms with Crippen LogP contribution in [0.3, 0.4) is 0 Å². The summed E-state index contributed by atoms with van der Waals surface area (Å²) in [5, 5.41) is 11.9. The van der Waals surface area contributed by atoms with Crippen LogP contribution in [0.25, 0.3) is 11.1 Å². The smallest absolute Gasteiger partial charge is 0.199 e. The molecule has 6 rings (SSSR count). The Balaban J connectivity index is 1.44. The zero-order valence-corrected chi connectivity index (χ0v) is 24.9. The zero-order chi connectivity index (χ0) is 27.5. The van der Waals surface area contributed by atoms with Gasteiger partial charge >= 0.3 is 0 Å². The van der Waals surface area contributed by atoms with Crippen molar-refractivity contribution in [2.45, 2.75) is 64.1 Å². The Morgan fingerprint density at radius 2 is 1.75 bits per heavy atom. The van der Waals surface area contributed by atoms with Crippen LogP contribution in [-0.4, -0.2) is 31.9 Å².